The van der Waals surface area contributed by atoms with Gasteiger partial charge < -0.3 is 15.4 Å². The molecule has 0 radical (unpaired) electrons. The predicted molar refractivity (Wildman–Crippen MR) is 111 cm³/mol. The van der Waals surface area contributed by atoms with Crippen LogP contribution in [0.25, 0.3) is 0 Å². The molecule has 2 aromatic carbocycles. The Morgan fingerprint density at radius 3 is 2.69 bits per heavy atom. The van der Waals surface area contributed by atoms with Crippen LogP contribution in [0, 0.1) is 12.7 Å². The first-order valence-electron chi connectivity index (χ1n) is 9.11. The number of amides is 2. The Balaban J connectivity index is 1.75. The number of thiophene rings is 1. The van der Waals surface area contributed by atoms with E-state index in [4.69, 9.17) is 4.74 Å². The third-order valence-electron chi connectivity index (χ3n) is 5.03. The van der Waals surface area contributed by atoms with Gasteiger partial charge in [0.2, 0.25) is 5.91 Å². The second kappa shape index (κ2) is 7.67. The fourth-order valence-electron chi connectivity index (χ4n) is 3.68. The number of ether oxygens (including phenoxy) is 1. The summed E-state index contributed by atoms with van der Waals surface area (Å²) < 4.78 is 19.4. The summed E-state index contributed by atoms with van der Waals surface area (Å²) in [5.41, 5.74) is 2.69. The van der Waals surface area contributed by atoms with E-state index in [-0.39, 0.29) is 23.9 Å². The Labute approximate surface area is 171 Å². The number of carbonyl (C=O) groups excluding carboxylic acids is 2. The number of anilines is 2. The first-order valence-corrected chi connectivity index (χ1v) is 9.93. The zero-order chi connectivity index (χ0) is 20.5. The molecule has 0 bridgehead atoms. The van der Waals surface area contributed by atoms with Crippen LogP contribution in [-0.2, 0) is 4.79 Å². The second-order valence-electron chi connectivity index (χ2n) is 6.78. The van der Waals surface area contributed by atoms with Crippen molar-refractivity contribution in [1.29, 1.82) is 0 Å². The van der Waals surface area contributed by atoms with E-state index < -0.39 is 11.7 Å². The smallest absolute Gasteiger partial charge is 0.266 e. The van der Waals surface area contributed by atoms with Crippen molar-refractivity contribution in [2.75, 3.05) is 17.7 Å². The summed E-state index contributed by atoms with van der Waals surface area (Å²) in [7, 11) is 1.59. The van der Waals surface area contributed by atoms with Crippen LogP contribution in [0.5, 0.6) is 5.75 Å². The van der Waals surface area contributed by atoms with Gasteiger partial charge in [0.15, 0.2) is 0 Å². The molecule has 2 heterocycles. The molecule has 1 aromatic heterocycles. The molecular formula is C22H19FN2O3S. The third-order valence-corrected chi connectivity index (χ3v) is 6.25. The first kappa shape index (κ1) is 19.1. The molecule has 1 aliphatic heterocycles. The van der Waals surface area contributed by atoms with Gasteiger partial charge in [0.05, 0.1) is 22.7 Å². The third kappa shape index (κ3) is 3.49. The van der Waals surface area contributed by atoms with Gasteiger partial charge >= 0.3 is 0 Å². The first-order chi connectivity index (χ1) is 14.0. The molecule has 2 amide bonds. The molecule has 5 nitrogen and oxygen atoms in total. The van der Waals surface area contributed by atoms with E-state index in [1.165, 1.54) is 23.5 Å². The van der Waals surface area contributed by atoms with E-state index in [1.54, 1.807) is 19.2 Å². The van der Waals surface area contributed by atoms with Gasteiger partial charge in [-0.25, -0.2) is 4.39 Å². The lowest BCUT2D eigenvalue weighted by molar-refractivity contribution is -0.116. The Bertz CT molecular complexity index is 1110. The summed E-state index contributed by atoms with van der Waals surface area (Å²) in [4.78, 5) is 25.6. The predicted octanol–water partition coefficient (Wildman–Crippen LogP) is 4.93. The van der Waals surface area contributed by atoms with Gasteiger partial charge in [0, 0.05) is 17.9 Å². The Kier molecular flexibility index (Phi) is 5.07. The number of nitrogens with one attached hydrogen (secondary N) is 2. The summed E-state index contributed by atoms with van der Waals surface area (Å²) in [6.45, 7) is 1.85. The zero-order valence-electron chi connectivity index (χ0n) is 15.9. The Hall–Kier alpha value is -3.19. The van der Waals surface area contributed by atoms with Crippen molar-refractivity contribution in [3.05, 3.63) is 75.9 Å². The molecule has 0 unspecified atom stereocenters. The highest BCUT2D eigenvalue weighted by Crippen LogP contribution is 2.47. The highest BCUT2D eigenvalue weighted by molar-refractivity contribution is 7.18. The standard InChI is InChI=1S/C22H19FN2O3S/c1-12-19-14(13-7-3-6-10-17(13)28-2)11-18(26)25-22(19)29-20(12)21(27)24-16-9-5-4-8-15(16)23/h3-10,14H,11H2,1-2H3,(H,24,27)(H,25,26)/t14-/m0/s1. The van der Waals surface area contributed by atoms with E-state index in [0.29, 0.717) is 15.6 Å². The van der Waals surface area contributed by atoms with E-state index in [9.17, 15) is 14.0 Å². The van der Waals surface area contributed by atoms with Crippen molar-refractivity contribution >= 4 is 33.8 Å². The molecule has 0 spiro atoms. The number of para-hydroxylation sites is 2. The zero-order valence-corrected chi connectivity index (χ0v) is 16.7. The van der Waals surface area contributed by atoms with Crippen molar-refractivity contribution in [3.8, 4) is 5.75 Å². The van der Waals surface area contributed by atoms with Crippen LogP contribution >= 0.6 is 11.3 Å². The van der Waals surface area contributed by atoms with Gasteiger partial charge in [-0.15, -0.1) is 11.3 Å². The molecule has 29 heavy (non-hydrogen) atoms. The van der Waals surface area contributed by atoms with Gasteiger partial charge in [-0.3, -0.25) is 9.59 Å². The van der Waals surface area contributed by atoms with Crippen molar-refractivity contribution in [2.45, 2.75) is 19.3 Å². The molecule has 0 fully saturated rings. The van der Waals surface area contributed by atoms with Crippen LogP contribution < -0.4 is 15.4 Å². The van der Waals surface area contributed by atoms with Crippen molar-refractivity contribution in [1.82, 2.24) is 0 Å². The fraction of sp³-hybridized carbons (Fsp3) is 0.182. The SMILES string of the molecule is COc1ccccc1[C@@H]1CC(=O)Nc2sc(C(=O)Nc3ccccc3F)c(C)c21. The number of halogens is 1. The summed E-state index contributed by atoms with van der Waals surface area (Å²) in [6, 6.07) is 13.6. The number of benzene rings is 2. The van der Waals surface area contributed by atoms with Crippen molar-refractivity contribution in [3.63, 3.8) is 0 Å². The number of carbonyl (C=O) groups is 2. The molecule has 4 rings (SSSR count). The van der Waals surface area contributed by atoms with Gasteiger partial charge in [0.1, 0.15) is 11.6 Å². The van der Waals surface area contributed by atoms with Crippen LogP contribution in [0.4, 0.5) is 15.1 Å². The van der Waals surface area contributed by atoms with Crippen LogP contribution in [0.3, 0.4) is 0 Å². The molecule has 1 aliphatic rings. The lowest BCUT2D eigenvalue weighted by Gasteiger charge is -2.25. The lowest BCUT2D eigenvalue weighted by atomic mass is 9.84. The van der Waals surface area contributed by atoms with E-state index in [1.807, 2.05) is 31.2 Å². The number of methoxy groups -OCH3 is 1. The molecule has 2 N–H and O–H groups in total. The van der Waals surface area contributed by atoms with Gasteiger partial charge in [-0.1, -0.05) is 30.3 Å². The summed E-state index contributed by atoms with van der Waals surface area (Å²) >= 11 is 1.20. The number of hydrogen-bond donors (Lipinski definition) is 2. The van der Waals surface area contributed by atoms with Gasteiger partial charge in [-0.05, 0) is 36.2 Å². The summed E-state index contributed by atoms with van der Waals surface area (Å²) in [6.07, 6.45) is 0.263. The fourth-order valence-corrected chi connectivity index (χ4v) is 4.86. The minimum atomic E-state index is -0.500. The van der Waals surface area contributed by atoms with Crippen LogP contribution in [0.15, 0.2) is 48.5 Å². The molecule has 3 aromatic rings. The van der Waals surface area contributed by atoms with Crippen molar-refractivity contribution in [2.24, 2.45) is 0 Å². The Morgan fingerprint density at radius 2 is 1.93 bits per heavy atom. The normalized spacial score (nSPS) is 15.4. The van der Waals surface area contributed by atoms with Crippen LogP contribution in [0.1, 0.15) is 38.7 Å². The molecule has 0 saturated heterocycles. The largest absolute Gasteiger partial charge is 0.496 e. The number of fused-ring (bicyclic) bond motifs is 1. The quantitative estimate of drug-likeness (QED) is 0.641. The maximum absolute atomic E-state index is 13.9. The molecule has 148 valence electrons. The molecular weight excluding hydrogens is 391 g/mol. The minimum Gasteiger partial charge on any atom is -0.496 e. The molecule has 7 heteroatoms. The monoisotopic (exact) mass is 410 g/mol. The maximum atomic E-state index is 13.9. The maximum Gasteiger partial charge on any atom is 0.266 e. The van der Waals surface area contributed by atoms with Gasteiger partial charge in [-0.2, -0.15) is 0 Å². The average Bonchev–Trinajstić information content (AvgIpc) is 3.05. The lowest BCUT2D eigenvalue weighted by Crippen LogP contribution is -2.23. The highest BCUT2D eigenvalue weighted by Gasteiger charge is 2.34. The minimum absolute atomic E-state index is 0.115. The number of hydrogen-bond acceptors (Lipinski definition) is 4. The Morgan fingerprint density at radius 1 is 1.21 bits per heavy atom. The highest BCUT2D eigenvalue weighted by atomic mass is 32.1. The topological polar surface area (TPSA) is 67.4 Å². The summed E-state index contributed by atoms with van der Waals surface area (Å²) in [5.74, 6) is -0.543. The molecule has 1 atom stereocenters. The van der Waals surface area contributed by atoms with E-state index in [0.717, 1.165) is 16.7 Å². The van der Waals surface area contributed by atoms with Crippen molar-refractivity contribution < 1.29 is 18.7 Å². The van der Waals surface area contributed by atoms with E-state index >= 15 is 0 Å². The second-order valence-corrected chi connectivity index (χ2v) is 7.80. The number of rotatable bonds is 4. The summed E-state index contributed by atoms with van der Waals surface area (Å²) in [5, 5.41) is 6.14. The average molecular weight is 410 g/mol. The van der Waals surface area contributed by atoms with Crippen LogP contribution in [0.2, 0.25) is 0 Å². The van der Waals surface area contributed by atoms with E-state index in [2.05, 4.69) is 10.6 Å². The molecule has 0 saturated carbocycles. The van der Waals surface area contributed by atoms with Gasteiger partial charge in [0.25, 0.3) is 5.91 Å². The van der Waals surface area contributed by atoms with Crippen LogP contribution in [-0.4, -0.2) is 18.9 Å². The molecule has 0 aliphatic carbocycles.